The smallest absolute Gasteiger partial charge is 0.410 e. The van der Waals surface area contributed by atoms with Gasteiger partial charge in [-0.3, -0.25) is 0 Å². The summed E-state index contributed by atoms with van der Waals surface area (Å²) in [4.78, 5) is 14.1. The average Bonchev–Trinajstić information content (AvgIpc) is 2.76. The second-order valence-electron chi connectivity index (χ2n) is 7.55. The van der Waals surface area contributed by atoms with Crippen LogP contribution in [0.3, 0.4) is 0 Å². The number of piperidine rings is 1. The van der Waals surface area contributed by atoms with Gasteiger partial charge in [0.05, 0.1) is 0 Å². The van der Waals surface area contributed by atoms with Gasteiger partial charge in [-0.15, -0.1) is 0 Å². The number of aryl methyl sites for hydroxylation is 1. The Hall–Kier alpha value is -1.03. The minimum Gasteiger partial charge on any atom is -0.444 e. The third kappa shape index (κ3) is 3.03. The van der Waals surface area contributed by atoms with Crippen molar-refractivity contribution in [2.75, 3.05) is 13.1 Å². The number of hydrogen-bond acceptors (Lipinski definition) is 2. The monoisotopic (exact) mass is 365 g/mol. The zero-order valence-corrected chi connectivity index (χ0v) is 15.2. The predicted molar refractivity (Wildman–Crippen MR) is 91.2 cm³/mol. The third-order valence-electron chi connectivity index (χ3n) is 4.89. The van der Waals surface area contributed by atoms with Crippen molar-refractivity contribution in [3.63, 3.8) is 0 Å². The molecule has 1 aromatic rings. The number of ether oxygens (including phenoxy) is 1. The molecule has 120 valence electrons. The summed E-state index contributed by atoms with van der Waals surface area (Å²) in [7, 11) is 0. The molecule has 3 rings (SSSR count). The van der Waals surface area contributed by atoms with E-state index < -0.39 is 5.60 Å². The first-order chi connectivity index (χ1) is 10.3. The number of hydrogen-bond donors (Lipinski definition) is 0. The van der Waals surface area contributed by atoms with E-state index >= 15 is 0 Å². The van der Waals surface area contributed by atoms with Crippen LogP contribution in [0.25, 0.3) is 0 Å². The predicted octanol–water partition coefficient (Wildman–Crippen LogP) is 4.66. The maximum Gasteiger partial charge on any atom is 0.410 e. The van der Waals surface area contributed by atoms with Crippen LogP contribution >= 0.6 is 15.9 Å². The minimum atomic E-state index is -0.420. The molecule has 0 N–H and O–H groups in total. The molecule has 1 saturated heterocycles. The van der Waals surface area contributed by atoms with E-state index in [9.17, 15) is 4.79 Å². The van der Waals surface area contributed by atoms with Gasteiger partial charge in [0.2, 0.25) is 0 Å². The molecule has 1 spiro atoms. The second kappa shape index (κ2) is 5.55. The zero-order valence-electron chi connectivity index (χ0n) is 13.6. The van der Waals surface area contributed by atoms with Crippen molar-refractivity contribution >= 4 is 22.0 Å². The summed E-state index contributed by atoms with van der Waals surface area (Å²) >= 11 is 3.60. The average molecular weight is 366 g/mol. The summed E-state index contributed by atoms with van der Waals surface area (Å²) in [5.74, 6) is 0. The van der Waals surface area contributed by atoms with E-state index in [1.807, 2.05) is 25.7 Å². The van der Waals surface area contributed by atoms with Crippen LogP contribution < -0.4 is 0 Å². The van der Waals surface area contributed by atoms with Crippen LogP contribution in [-0.2, 0) is 16.6 Å². The molecule has 1 aliphatic heterocycles. The molecule has 1 aliphatic carbocycles. The lowest BCUT2D eigenvalue weighted by molar-refractivity contribution is 0.0164. The number of rotatable bonds is 0. The summed E-state index contributed by atoms with van der Waals surface area (Å²) in [6.07, 6.45) is 4.27. The number of likely N-dealkylation sites (tertiary alicyclic amines) is 1. The normalized spacial score (nSPS) is 20.1. The topological polar surface area (TPSA) is 29.5 Å². The largest absolute Gasteiger partial charge is 0.444 e. The van der Waals surface area contributed by atoms with Gasteiger partial charge in [0.25, 0.3) is 0 Å². The Labute approximate surface area is 141 Å². The molecule has 1 fully saturated rings. The molecule has 0 unspecified atom stereocenters. The Morgan fingerprint density at radius 2 is 1.91 bits per heavy atom. The van der Waals surface area contributed by atoms with Crippen molar-refractivity contribution in [2.24, 2.45) is 0 Å². The van der Waals surface area contributed by atoms with Crippen molar-refractivity contribution in [3.05, 3.63) is 33.8 Å². The van der Waals surface area contributed by atoms with Crippen LogP contribution in [-0.4, -0.2) is 29.7 Å². The molecule has 1 heterocycles. The van der Waals surface area contributed by atoms with Gasteiger partial charge in [0.15, 0.2) is 0 Å². The molecule has 0 saturated carbocycles. The number of fused-ring (bicyclic) bond motifs is 2. The standard InChI is InChI=1S/C18H24BrNO2/c1-17(2,3)22-16(21)20-10-8-18(9-11-20)7-6-13-4-5-14(19)12-15(13)18/h4-5,12H,6-11H2,1-3H3. The Balaban J connectivity index is 1.71. The number of amides is 1. The van der Waals surface area contributed by atoms with E-state index in [2.05, 4.69) is 34.1 Å². The van der Waals surface area contributed by atoms with Gasteiger partial charge in [-0.2, -0.15) is 0 Å². The summed E-state index contributed by atoms with van der Waals surface area (Å²) < 4.78 is 6.65. The number of carbonyl (C=O) groups is 1. The summed E-state index contributed by atoms with van der Waals surface area (Å²) in [5, 5.41) is 0. The van der Waals surface area contributed by atoms with Crippen molar-refractivity contribution in [1.82, 2.24) is 4.90 Å². The quantitative estimate of drug-likeness (QED) is 0.668. The van der Waals surface area contributed by atoms with Gasteiger partial charge in [-0.25, -0.2) is 4.79 Å². The summed E-state index contributed by atoms with van der Waals surface area (Å²) in [6, 6.07) is 6.66. The Bertz CT molecular complexity index is 583. The lowest BCUT2D eigenvalue weighted by Crippen LogP contribution is -2.46. The van der Waals surface area contributed by atoms with E-state index in [1.165, 1.54) is 17.5 Å². The Morgan fingerprint density at radius 1 is 1.23 bits per heavy atom. The van der Waals surface area contributed by atoms with Crippen LogP contribution in [0.2, 0.25) is 0 Å². The second-order valence-corrected chi connectivity index (χ2v) is 8.46. The maximum absolute atomic E-state index is 12.2. The highest BCUT2D eigenvalue weighted by molar-refractivity contribution is 9.10. The molecule has 0 atom stereocenters. The van der Waals surface area contributed by atoms with Crippen molar-refractivity contribution < 1.29 is 9.53 Å². The van der Waals surface area contributed by atoms with E-state index in [0.29, 0.717) is 0 Å². The molecule has 1 aromatic carbocycles. The van der Waals surface area contributed by atoms with Gasteiger partial charge >= 0.3 is 6.09 Å². The van der Waals surface area contributed by atoms with Crippen LogP contribution in [0.5, 0.6) is 0 Å². The number of benzene rings is 1. The minimum absolute atomic E-state index is 0.171. The first-order valence-corrected chi connectivity index (χ1v) is 8.85. The van der Waals surface area contributed by atoms with E-state index in [0.717, 1.165) is 36.8 Å². The van der Waals surface area contributed by atoms with E-state index in [1.54, 1.807) is 0 Å². The Morgan fingerprint density at radius 3 is 2.55 bits per heavy atom. The Kier molecular flexibility index (Phi) is 4.00. The van der Waals surface area contributed by atoms with Crippen LogP contribution in [0.15, 0.2) is 22.7 Å². The fraction of sp³-hybridized carbons (Fsp3) is 0.611. The highest BCUT2D eigenvalue weighted by Crippen LogP contribution is 2.47. The molecular formula is C18H24BrNO2. The van der Waals surface area contributed by atoms with Crippen LogP contribution in [0.1, 0.15) is 51.2 Å². The van der Waals surface area contributed by atoms with Gasteiger partial charge in [0, 0.05) is 17.6 Å². The number of halogens is 1. The molecule has 3 nitrogen and oxygen atoms in total. The summed E-state index contributed by atoms with van der Waals surface area (Å²) in [6.45, 7) is 7.34. The first-order valence-electron chi connectivity index (χ1n) is 8.06. The molecule has 1 amide bonds. The number of carbonyl (C=O) groups excluding carboxylic acids is 1. The van der Waals surface area contributed by atoms with Gasteiger partial charge in [0.1, 0.15) is 5.60 Å². The molecule has 22 heavy (non-hydrogen) atoms. The molecule has 0 aromatic heterocycles. The zero-order chi connectivity index (χ0) is 16.0. The fourth-order valence-electron chi connectivity index (χ4n) is 3.73. The van der Waals surface area contributed by atoms with Crippen molar-refractivity contribution in [2.45, 2.75) is 57.5 Å². The van der Waals surface area contributed by atoms with Crippen molar-refractivity contribution in [3.8, 4) is 0 Å². The van der Waals surface area contributed by atoms with E-state index in [4.69, 9.17) is 4.74 Å². The van der Waals surface area contributed by atoms with E-state index in [-0.39, 0.29) is 11.5 Å². The molecular weight excluding hydrogens is 342 g/mol. The molecule has 0 radical (unpaired) electrons. The van der Waals surface area contributed by atoms with Crippen LogP contribution in [0, 0.1) is 0 Å². The lowest BCUT2D eigenvalue weighted by atomic mass is 9.74. The van der Waals surface area contributed by atoms with Crippen LogP contribution in [0.4, 0.5) is 4.79 Å². The number of nitrogens with zero attached hydrogens (tertiary/aromatic N) is 1. The first kappa shape index (κ1) is 15.9. The highest BCUT2D eigenvalue weighted by Gasteiger charge is 2.42. The molecule has 2 aliphatic rings. The van der Waals surface area contributed by atoms with Gasteiger partial charge in [-0.05, 0) is 75.1 Å². The lowest BCUT2D eigenvalue weighted by Gasteiger charge is -2.40. The maximum atomic E-state index is 12.2. The van der Waals surface area contributed by atoms with Gasteiger partial charge < -0.3 is 9.64 Å². The fourth-order valence-corrected chi connectivity index (χ4v) is 4.09. The summed E-state index contributed by atoms with van der Waals surface area (Å²) in [5.41, 5.74) is 2.81. The molecule has 0 bridgehead atoms. The third-order valence-corrected chi connectivity index (χ3v) is 5.38. The van der Waals surface area contributed by atoms with Gasteiger partial charge in [-0.1, -0.05) is 22.0 Å². The molecule has 4 heteroatoms. The SMILES string of the molecule is CC(C)(C)OC(=O)N1CCC2(CCc3ccc(Br)cc32)CC1. The highest BCUT2D eigenvalue weighted by atomic mass is 79.9. The van der Waals surface area contributed by atoms with Crippen molar-refractivity contribution in [1.29, 1.82) is 0 Å².